The van der Waals surface area contributed by atoms with Crippen LogP contribution in [0.1, 0.15) is 39.0 Å². The third-order valence-electron chi connectivity index (χ3n) is 3.88. The lowest BCUT2D eigenvalue weighted by Crippen LogP contribution is -2.51. The zero-order valence-electron chi connectivity index (χ0n) is 11.3. The Balaban J connectivity index is 2.11. The van der Waals surface area contributed by atoms with Crippen molar-refractivity contribution in [3.8, 4) is 0 Å². The van der Waals surface area contributed by atoms with E-state index in [0.29, 0.717) is 0 Å². The van der Waals surface area contributed by atoms with E-state index < -0.39 is 8.32 Å². The fourth-order valence-corrected chi connectivity index (χ4v) is 5.47. The summed E-state index contributed by atoms with van der Waals surface area (Å²) in [6, 6.07) is 10.8. The van der Waals surface area contributed by atoms with Crippen LogP contribution in [-0.4, -0.2) is 13.9 Å². The second-order valence-electron chi connectivity index (χ2n) is 5.99. The Morgan fingerprint density at radius 3 is 2.18 bits per heavy atom. The molecule has 0 unspecified atom stereocenters. The quantitative estimate of drug-likeness (QED) is 0.739. The third-order valence-corrected chi connectivity index (χ3v) is 6.61. The van der Waals surface area contributed by atoms with E-state index in [4.69, 9.17) is 4.43 Å². The van der Waals surface area contributed by atoms with Crippen molar-refractivity contribution in [2.24, 2.45) is 0 Å². The zero-order chi connectivity index (χ0) is 12.4. The molecule has 1 nitrogen and oxygen atoms in total. The molecular weight excluding hydrogens is 224 g/mol. The van der Waals surface area contributed by atoms with Gasteiger partial charge < -0.3 is 4.43 Å². The normalized spacial score (nSPS) is 20.2. The summed E-state index contributed by atoms with van der Waals surface area (Å²) in [5.74, 6) is 0. The molecule has 0 N–H and O–H groups in total. The monoisotopic (exact) mass is 248 g/mol. The zero-order valence-corrected chi connectivity index (χ0v) is 12.3. The Kier molecular flexibility index (Phi) is 3.74. The maximum Gasteiger partial charge on any atom is 0.218 e. The van der Waals surface area contributed by atoms with Gasteiger partial charge in [0.1, 0.15) is 0 Å². The van der Waals surface area contributed by atoms with E-state index in [1.54, 1.807) is 0 Å². The van der Waals surface area contributed by atoms with Crippen LogP contribution in [0, 0.1) is 0 Å². The lowest BCUT2D eigenvalue weighted by atomic mass is 9.87. The maximum absolute atomic E-state index is 6.59. The van der Waals surface area contributed by atoms with Gasteiger partial charge in [-0.15, -0.1) is 0 Å². The molecule has 1 aromatic rings. The highest BCUT2D eigenvalue weighted by atomic mass is 28.4. The van der Waals surface area contributed by atoms with Gasteiger partial charge in [0.05, 0.1) is 5.60 Å². The van der Waals surface area contributed by atoms with Crippen molar-refractivity contribution in [2.45, 2.75) is 57.7 Å². The van der Waals surface area contributed by atoms with Gasteiger partial charge >= 0.3 is 0 Å². The Hall–Kier alpha value is -0.603. The standard InChI is InChI=1S/C15H24OSi/c1-15(12-8-5-9-13-15)16-17(2,3)14-10-6-4-7-11-14/h4,6-7,10-11H,5,8-9,12-13H2,1-3H3. The minimum atomic E-state index is -1.74. The summed E-state index contributed by atoms with van der Waals surface area (Å²) in [6.45, 7) is 6.95. The lowest BCUT2D eigenvalue weighted by molar-refractivity contribution is 0.0429. The van der Waals surface area contributed by atoms with E-state index in [9.17, 15) is 0 Å². The Morgan fingerprint density at radius 1 is 1.00 bits per heavy atom. The predicted molar refractivity (Wildman–Crippen MR) is 76.1 cm³/mol. The highest BCUT2D eigenvalue weighted by Gasteiger charge is 2.36. The molecule has 0 aromatic heterocycles. The van der Waals surface area contributed by atoms with Crippen LogP contribution in [0.25, 0.3) is 0 Å². The highest BCUT2D eigenvalue weighted by molar-refractivity contribution is 6.84. The average molecular weight is 248 g/mol. The number of hydrogen-bond acceptors (Lipinski definition) is 1. The molecule has 17 heavy (non-hydrogen) atoms. The molecule has 2 rings (SSSR count). The van der Waals surface area contributed by atoms with Crippen molar-refractivity contribution in [2.75, 3.05) is 0 Å². The molecule has 0 saturated heterocycles. The van der Waals surface area contributed by atoms with Crippen LogP contribution >= 0.6 is 0 Å². The second-order valence-corrected chi connectivity index (χ2v) is 9.79. The van der Waals surface area contributed by atoms with Crippen LogP contribution in [0.3, 0.4) is 0 Å². The molecule has 1 aromatic carbocycles. The minimum absolute atomic E-state index is 0.129. The van der Waals surface area contributed by atoms with Crippen LogP contribution in [0.5, 0.6) is 0 Å². The summed E-state index contributed by atoms with van der Waals surface area (Å²) < 4.78 is 6.59. The van der Waals surface area contributed by atoms with E-state index in [2.05, 4.69) is 50.3 Å². The smallest absolute Gasteiger partial charge is 0.218 e. The Labute approximate surface area is 106 Å². The number of rotatable bonds is 3. The van der Waals surface area contributed by atoms with Crippen LogP contribution in [-0.2, 0) is 4.43 Å². The number of hydrogen-bond donors (Lipinski definition) is 0. The molecular formula is C15H24OSi. The van der Waals surface area contributed by atoms with Crippen molar-refractivity contribution in [1.29, 1.82) is 0 Å². The average Bonchev–Trinajstić information content (AvgIpc) is 2.30. The molecule has 0 bridgehead atoms. The summed E-state index contributed by atoms with van der Waals surface area (Å²) >= 11 is 0. The van der Waals surface area contributed by atoms with Crippen molar-refractivity contribution in [3.05, 3.63) is 30.3 Å². The molecule has 0 heterocycles. The first-order valence-corrected chi connectivity index (χ1v) is 9.68. The van der Waals surface area contributed by atoms with Crippen molar-refractivity contribution >= 4 is 13.5 Å². The second kappa shape index (κ2) is 4.95. The molecule has 1 saturated carbocycles. The Morgan fingerprint density at radius 2 is 1.59 bits per heavy atom. The lowest BCUT2D eigenvalue weighted by Gasteiger charge is -2.40. The van der Waals surface area contributed by atoms with Gasteiger partial charge in [-0.05, 0) is 38.0 Å². The van der Waals surface area contributed by atoms with Gasteiger partial charge in [-0.2, -0.15) is 0 Å². The minimum Gasteiger partial charge on any atom is -0.408 e. The first-order valence-electron chi connectivity index (χ1n) is 6.78. The van der Waals surface area contributed by atoms with Crippen molar-refractivity contribution < 1.29 is 4.43 Å². The summed E-state index contributed by atoms with van der Waals surface area (Å²) in [6.07, 6.45) is 6.50. The first kappa shape index (κ1) is 12.8. The maximum atomic E-state index is 6.59. The van der Waals surface area contributed by atoms with E-state index in [-0.39, 0.29) is 5.60 Å². The predicted octanol–water partition coefficient (Wildman–Crippen LogP) is 3.84. The van der Waals surface area contributed by atoms with Gasteiger partial charge in [-0.3, -0.25) is 0 Å². The van der Waals surface area contributed by atoms with Crippen molar-refractivity contribution in [3.63, 3.8) is 0 Å². The largest absolute Gasteiger partial charge is 0.408 e. The summed E-state index contributed by atoms with van der Waals surface area (Å²) in [4.78, 5) is 0. The Bertz CT molecular complexity index is 352. The fraction of sp³-hybridized carbons (Fsp3) is 0.600. The van der Waals surface area contributed by atoms with Crippen molar-refractivity contribution in [1.82, 2.24) is 0 Å². The van der Waals surface area contributed by atoms with Gasteiger partial charge in [0.25, 0.3) is 0 Å². The van der Waals surface area contributed by atoms with E-state index in [1.807, 2.05) is 0 Å². The molecule has 94 valence electrons. The van der Waals surface area contributed by atoms with Crippen LogP contribution < -0.4 is 5.19 Å². The fourth-order valence-electron chi connectivity index (χ4n) is 2.92. The first-order chi connectivity index (χ1) is 8.02. The van der Waals surface area contributed by atoms with E-state index in [1.165, 1.54) is 37.3 Å². The topological polar surface area (TPSA) is 9.23 Å². The molecule has 2 heteroatoms. The number of benzene rings is 1. The molecule has 1 aliphatic rings. The molecule has 0 amide bonds. The molecule has 0 spiro atoms. The SMILES string of the molecule is CC1(O[Si](C)(C)c2ccccc2)CCCCC1. The van der Waals surface area contributed by atoms with Crippen LogP contribution in [0.15, 0.2) is 30.3 Å². The van der Waals surface area contributed by atoms with Gasteiger partial charge in [-0.1, -0.05) is 49.6 Å². The third kappa shape index (κ3) is 3.20. The van der Waals surface area contributed by atoms with Crippen LogP contribution in [0.2, 0.25) is 13.1 Å². The summed E-state index contributed by atoms with van der Waals surface area (Å²) in [7, 11) is -1.74. The van der Waals surface area contributed by atoms with E-state index >= 15 is 0 Å². The molecule has 0 radical (unpaired) electrons. The summed E-state index contributed by atoms with van der Waals surface area (Å²) in [5, 5.41) is 1.41. The van der Waals surface area contributed by atoms with Gasteiger partial charge in [0.2, 0.25) is 8.32 Å². The molecule has 0 aliphatic heterocycles. The van der Waals surface area contributed by atoms with Gasteiger partial charge in [-0.25, -0.2) is 0 Å². The molecule has 0 atom stereocenters. The van der Waals surface area contributed by atoms with Gasteiger partial charge in [0.15, 0.2) is 0 Å². The molecule has 1 aliphatic carbocycles. The highest BCUT2D eigenvalue weighted by Crippen LogP contribution is 2.33. The summed E-state index contributed by atoms with van der Waals surface area (Å²) in [5.41, 5.74) is 0.129. The van der Waals surface area contributed by atoms with Gasteiger partial charge in [0, 0.05) is 0 Å². The van der Waals surface area contributed by atoms with Crippen LogP contribution in [0.4, 0.5) is 0 Å². The van der Waals surface area contributed by atoms with E-state index in [0.717, 1.165) is 0 Å². The molecule has 1 fully saturated rings.